The average molecular weight is 436 g/mol. The highest BCUT2D eigenvalue weighted by Crippen LogP contribution is 2.48. The molecule has 2 aromatic heterocycles. The highest BCUT2D eigenvalue weighted by molar-refractivity contribution is 8.22. The predicted octanol–water partition coefficient (Wildman–Crippen LogP) is 4.02. The second kappa shape index (κ2) is 7.92. The van der Waals surface area contributed by atoms with E-state index in [0.717, 1.165) is 17.3 Å². The number of halogens is 1. The molecule has 10 heteroatoms. The topological polar surface area (TPSA) is 114 Å². The van der Waals surface area contributed by atoms with Crippen LogP contribution in [0.25, 0.3) is 10.9 Å². The molecule has 0 saturated carbocycles. The molecule has 4 rings (SSSR count). The molecule has 0 radical (unpaired) electrons. The van der Waals surface area contributed by atoms with Crippen molar-refractivity contribution in [1.29, 1.82) is 0 Å². The van der Waals surface area contributed by atoms with Crippen LogP contribution < -0.4 is 10.9 Å². The number of aromatic amines is 1. The molecule has 154 valence electrons. The molecule has 4 N–H and O–H groups in total. The van der Waals surface area contributed by atoms with Crippen molar-refractivity contribution in [2.45, 2.75) is 25.9 Å². The predicted molar refractivity (Wildman–Crippen MR) is 116 cm³/mol. The first-order chi connectivity index (χ1) is 13.8. The van der Waals surface area contributed by atoms with E-state index in [0.29, 0.717) is 41.1 Å². The van der Waals surface area contributed by atoms with Crippen molar-refractivity contribution in [3.05, 3.63) is 63.2 Å². The van der Waals surface area contributed by atoms with Gasteiger partial charge in [-0.2, -0.15) is 0 Å². The van der Waals surface area contributed by atoms with Gasteiger partial charge in [0, 0.05) is 34.2 Å². The van der Waals surface area contributed by atoms with Crippen LogP contribution >= 0.6 is 22.4 Å². The first-order valence-corrected chi connectivity index (χ1v) is 11.3. The summed E-state index contributed by atoms with van der Waals surface area (Å²) in [5.74, 6) is 0.769. The lowest BCUT2D eigenvalue weighted by Gasteiger charge is -2.36. The Kier molecular flexibility index (Phi) is 5.50. The Hall–Kier alpha value is -2.17. The molecule has 1 atom stereocenters. The Morgan fingerprint density at radius 1 is 1.34 bits per heavy atom. The Morgan fingerprint density at radius 2 is 2.17 bits per heavy atom. The van der Waals surface area contributed by atoms with Gasteiger partial charge in [0.05, 0.1) is 24.0 Å². The first-order valence-electron chi connectivity index (χ1n) is 9.24. The molecule has 0 amide bonds. The van der Waals surface area contributed by atoms with Gasteiger partial charge in [-0.25, -0.2) is 14.3 Å². The highest BCUT2D eigenvalue weighted by atomic mass is 35.5. The van der Waals surface area contributed by atoms with E-state index < -0.39 is 10.8 Å². The molecule has 8 nitrogen and oxygen atoms in total. The zero-order valence-electron chi connectivity index (χ0n) is 15.8. The van der Waals surface area contributed by atoms with E-state index >= 15 is 0 Å². The zero-order valence-corrected chi connectivity index (χ0v) is 17.4. The first kappa shape index (κ1) is 20.1. The summed E-state index contributed by atoms with van der Waals surface area (Å²) in [6.45, 7) is 2.82. The van der Waals surface area contributed by atoms with Crippen molar-refractivity contribution in [2.75, 3.05) is 17.6 Å². The van der Waals surface area contributed by atoms with Crippen LogP contribution in [0.1, 0.15) is 30.6 Å². The van der Waals surface area contributed by atoms with Gasteiger partial charge in [0.2, 0.25) is 5.95 Å². The number of hydrogen-bond donors (Lipinski definition) is 4. The van der Waals surface area contributed by atoms with E-state index in [1.807, 2.05) is 6.92 Å². The summed E-state index contributed by atoms with van der Waals surface area (Å²) in [6, 6.07) is 8.51. The third-order valence-electron chi connectivity index (χ3n) is 4.94. The molecule has 1 fully saturated rings. The summed E-state index contributed by atoms with van der Waals surface area (Å²) in [5.41, 5.74) is 1.75. The third kappa shape index (κ3) is 4.39. The van der Waals surface area contributed by atoms with Crippen molar-refractivity contribution in [1.82, 2.24) is 19.3 Å². The van der Waals surface area contributed by atoms with Gasteiger partial charge in [0.25, 0.3) is 5.56 Å². The van der Waals surface area contributed by atoms with E-state index in [-0.39, 0.29) is 11.6 Å². The number of H-pyrrole nitrogens is 1. The third-order valence-corrected chi connectivity index (χ3v) is 7.15. The van der Waals surface area contributed by atoms with Gasteiger partial charge >= 0.3 is 0 Å². The van der Waals surface area contributed by atoms with Crippen LogP contribution in [0, 0.1) is 0 Å². The monoisotopic (exact) mass is 435 g/mol. The maximum Gasteiger partial charge on any atom is 0.253 e. The Balaban J connectivity index is 1.54. The molecule has 0 spiro atoms. The van der Waals surface area contributed by atoms with Crippen molar-refractivity contribution >= 4 is 39.2 Å². The van der Waals surface area contributed by atoms with Gasteiger partial charge in [-0.15, -0.1) is 10.8 Å². The van der Waals surface area contributed by atoms with E-state index in [1.54, 1.807) is 40.8 Å². The van der Waals surface area contributed by atoms with Crippen LogP contribution in [-0.2, 0) is 6.54 Å². The Labute approximate surface area is 174 Å². The number of pyridine rings is 1. The van der Waals surface area contributed by atoms with Crippen LogP contribution in [0.4, 0.5) is 5.95 Å². The lowest BCUT2D eigenvalue weighted by atomic mass is 10.1. The number of hydrogen-bond acceptors (Lipinski definition) is 7. The van der Waals surface area contributed by atoms with Gasteiger partial charge in [-0.3, -0.25) is 13.9 Å². The Morgan fingerprint density at radius 3 is 2.93 bits per heavy atom. The highest BCUT2D eigenvalue weighted by Gasteiger charge is 2.29. The molecule has 3 heterocycles. The van der Waals surface area contributed by atoms with E-state index in [1.165, 1.54) is 0 Å². The molecule has 1 saturated heterocycles. The fraction of sp³-hybridized carbons (Fsp3) is 0.316. The molecular formula is C19H22ClN5O3S. The lowest BCUT2D eigenvalue weighted by molar-refractivity contribution is 0.371. The molecular weight excluding hydrogens is 414 g/mol. The van der Waals surface area contributed by atoms with Crippen molar-refractivity contribution in [3.63, 3.8) is 0 Å². The SMILES string of the molecule is CC(Nc1nccc(CN2CCCS2(O)O)n1)c1cc2cc(Cl)ccc2[nH]c1=O. The molecule has 0 aliphatic carbocycles. The van der Waals surface area contributed by atoms with Crippen molar-refractivity contribution in [2.24, 2.45) is 0 Å². The van der Waals surface area contributed by atoms with Crippen LogP contribution in [0.5, 0.6) is 0 Å². The maximum atomic E-state index is 12.5. The molecule has 1 aromatic carbocycles. The fourth-order valence-electron chi connectivity index (χ4n) is 3.41. The standard InChI is InChI=1S/C19H22ClN5O3S/c1-12(16-10-13-9-14(20)3-4-17(13)24-18(16)26)22-19-21-6-5-15(23-19)11-25-7-2-8-29(25,27)28/h3-6,9-10,12,27-28H,2,7-8,11H2,1H3,(H,24,26)(H,21,22,23). The lowest BCUT2D eigenvalue weighted by Crippen LogP contribution is -2.23. The number of aromatic nitrogens is 3. The quantitative estimate of drug-likeness (QED) is 0.478. The number of rotatable bonds is 5. The van der Waals surface area contributed by atoms with Crippen LogP contribution in [0.15, 0.2) is 41.3 Å². The van der Waals surface area contributed by atoms with E-state index in [9.17, 15) is 13.9 Å². The molecule has 0 bridgehead atoms. The smallest absolute Gasteiger partial charge is 0.253 e. The molecule has 3 aromatic rings. The van der Waals surface area contributed by atoms with Gasteiger partial charge in [-0.1, -0.05) is 11.6 Å². The number of anilines is 1. The number of fused-ring (bicyclic) bond motifs is 1. The summed E-state index contributed by atoms with van der Waals surface area (Å²) < 4.78 is 21.8. The summed E-state index contributed by atoms with van der Waals surface area (Å²) in [5, 5.41) is 4.59. The number of nitrogens with one attached hydrogen (secondary N) is 2. The summed E-state index contributed by atoms with van der Waals surface area (Å²) in [7, 11) is -2.70. The zero-order chi connectivity index (χ0) is 20.6. The fourth-order valence-corrected chi connectivity index (χ4v) is 5.13. The van der Waals surface area contributed by atoms with Crippen LogP contribution in [0.2, 0.25) is 5.02 Å². The minimum absolute atomic E-state index is 0.193. The summed E-state index contributed by atoms with van der Waals surface area (Å²) in [4.78, 5) is 24.1. The maximum absolute atomic E-state index is 12.5. The van der Waals surface area contributed by atoms with Crippen molar-refractivity contribution in [3.8, 4) is 0 Å². The number of benzene rings is 1. The van der Waals surface area contributed by atoms with Gasteiger partial charge in [0.15, 0.2) is 0 Å². The van der Waals surface area contributed by atoms with Gasteiger partial charge in [0.1, 0.15) is 0 Å². The van der Waals surface area contributed by atoms with Gasteiger partial charge < -0.3 is 10.3 Å². The second-order valence-electron chi connectivity index (χ2n) is 7.08. The van der Waals surface area contributed by atoms with E-state index in [2.05, 4.69) is 20.3 Å². The van der Waals surface area contributed by atoms with E-state index in [4.69, 9.17) is 11.6 Å². The molecule has 1 aliphatic heterocycles. The average Bonchev–Trinajstić information content (AvgIpc) is 3.00. The molecule has 1 aliphatic rings. The minimum atomic E-state index is -2.70. The molecule has 29 heavy (non-hydrogen) atoms. The van der Waals surface area contributed by atoms with Crippen LogP contribution in [0.3, 0.4) is 0 Å². The number of nitrogens with zero attached hydrogens (tertiary/aromatic N) is 3. The minimum Gasteiger partial charge on any atom is -0.347 e. The normalized spacial score (nSPS) is 18.6. The van der Waals surface area contributed by atoms with Crippen molar-refractivity contribution < 1.29 is 9.11 Å². The Bertz CT molecular complexity index is 1110. The molecule has 1 unspecified atom stereocenters. The van der Waals surface area contributed by atoms with Gasteiger partial charge in [-0.05, 0) is 43.7 Å². The summed E-state index contributed by atoms with van der Waals surface area (Å²) in [6.07, 6.45) is 2.37. The summed E-state index contributed by atoms with van der Waals surface area (Å²) >= 11 is 6.06. The second-order valence-corrected chi connectivity index (χ2v) is 9.70. The van der Waals surface area contributed by atoms with Crippen LogP contribution in [-0.4, -0.2) is 40.7 Å². The largest absolute Gasteiger partial charge is 0.347 e.